The summed E-state index contributed by atoms with van der Waals surface area (Å²) in [6.07, 6.45) is 0. The van der Waals surface area contributed by atoms with Crippen molar-refractivity contribution in [3.63, 3.8) is 0 Å². The van der Waals surface area contributed by atoms with E-state index in [-0.39, 0.29) is 22.9 Å². The summed E-state index contributed by atoms with van der Waals surface area (Å²) in [5.41, 5.74) is 6.94. The van der Waals surface area contributed by atoms with Crippen LogP contribution in [-0.2, 0) is 0 Å². The second kappa shape index (κ2) is 5.44. The molecule has 102 valence electrons. The Morgan fingerprint density at radius 3 is 2.50 bits per heavy atom. The van der Waals surface area contributed by atoms with Crippen LogP contribution in [0.5, 0.6) is 5.75 Å². The molecule has 5 heteroatoms. The van der Waals surface area contributed by atoms with E-state index in [1.807, 2.05) is 13.0 Å². The Morgan fingerprint density at radius 2 is 1.85 bits per heavy atom. The number of phenols is 1. The molecule has 2 amide bonds. The summed E-state index contributed by atoms with van der Waals surface area (Å²) in [4.78, 5) is 23.2. The average molecular weight is 270 g/mol. The van der Waals surface area contributed by atoms with Gasteiger partial charge in [0, 0.05) is 11.1 Å². The zero-order valence-electron chi connectivity index (χ0n) is 10.9. The lowest BCUT2D eigenvalue weighted by Crippen LogP contribution is -2.14. The van der Waals surface area contributed by atoms with Crippen LogP contribution in [0.1, 0.15) is 26.3 Å². The summed E-state index contributed by atoms with van der Waals surface area (Å²) < 4.78 is 0. The Labute approximate surface area is 116 Å². The third-order valence-corrected chi connectivity index (χ3v) is 2.81. The number of phenolic OH excluding ortho intramolecular Hbond substituents is 1. The number of nitrogens with one attached hydrogen (secondary N) is 1. The number of nitrogens with two attached hydrogens (primary N) is 1. The first-order chi connectivity index (χ1) is 9.47. The number of hydrogen-bond donors (Lipinski definition) is 3. The van der Waals surface area contributed by atoms with Gasteiger partial charge in [-0.2, -0.15) is 0 Å². The maximum Gasteiger partial charge on any atom is 0.255 e. The summed E-state index contributed by atoms with van der Waals surface area (Å²) in [6.45, 7) is 1.88. The van der Waals surface area contributed by atoms with Crippen molar-refractivity contribution in [2.75, 3.05) is 5.32 Å². The number of rotatable bonds is 3. The van der Waals surface area contributed by atoms with Crippen LogP contribution >= 0.6 is 0 Å². The molecule has 0 saturated carbocycles. The van der Waals surface area contributed by atoms with E-state index in [4.69, 9.17) is 5.73 Å². The normalized spacial score (nSPS) is 10.1. The largest absolute Gasteiger partial charge is 0.506 e. The molecule has 4 N–H and O–H groups in total. The molecular weight excluding hydrogens is 256 g/mol. The van der Waals surface area contributed by atoms with Gasteiger partial charge in [0.15, 0.2) is 0 Å². The Hall–Kier alpha value is -2.82. The van der Waals surface area contributed by atoms with E-state index in [0.29, 0.717) is 5.56 Å². The monoisotopic (exact) mass is 270 g/mol. The first kappa shape index (κ1) is 13.6. The van der Waals surface area contributed by atoms with Crippen molar-refractivity contribution in [2.45, 2.75) is 6.92 Å². The summed E-state index contributed by atoms with van der Waals surface area (Å²) in [5.74, 6) is -1.13. The van der Waals surface area contributed by atoms with Crippen LogP contribution in [0.25, 0.3) is 0 Å². The predicted octanol–water partition coefficient (Wildman–Crippen LogP) is 2.05. The molecule has 0 bridgehead atoms. The molecule has 0 atom stereocenters. The van der Waals surface area contributed by atoms with Gasteiger partial charge < -0.3 is 16.2 Å². The molecule has 2 aromatic rings. The van der Waals surface area contributed by atoms with Gasteiger partial charge in [-0.3, -0.25) is 9.59 Å². The number of amides is 2. The lowest BCUT2D eigenvalue weighted by Gasteiger charge is -2.09. The number of aromatic hydroxyl groups is 1. The predicted molar refractivity (Wildman–Crippen MR) is 75.8 cm³/mol. The topological polar surface area (TPSA) is 92.4 Å². The lowest BCUT2D eigenvalue weighted by atomic mass is 10.1. The molecule has 0 fully saturated rings. The fourth-order valence-corrected chi connectivity index (χ4v) is 1.77. The van der Waals surface area contributed by atoms with Gasteiger partial charge in [0.05, 0.1) is 5.69 Å². The van der Waals surface area contributed by atoms with Crippen molar-refractivity contribution in [1.29, 1.82) is 0 Å². The maximum atomic E-state index is 12.1. The number of primary amides is 1. The van der Waals surface area contributed by atoms with Crippen molar-refractivity contribution >= 4 is 17.5 Å². The molecule has 2 rings (SSSR count). The van der Waals surface area contributed by atoms with Crippen LogP contribution in [0, 0.1) is 6.92 Å². The Balaban J connectivity index is 2.27. The lowest BCUT2D eigenvalue weighted by molar-refractivity contribution is 0.0996. The zero-order valence-corrected chi connectivity index (χ0v) is 10.9. The molecule has 20 heavy (non-hydrogen) atoms. The highest BCUT2D eigenvalue weighted by Gasteiger charge is 2.11. The SMILES string of the molecule is Cc1cccc(C(=O)Nc2cc(C(N)=O)ccc2O)c1. The average Bonchev–Trinajstić information content (AvgIpc) is 2.41. The van der Waals surface area contributed by atoms with E-state index >= 15 is 0 Å². The van der Waals surface area contributed by atoms with Crippen LogP contribution in [0.3, 0.4) is 0 Å². The fraction of sp³-hybridized carbons (Fsp3) is 0.0667. The first-order valence-corrected chi connectivity index (χ1v) is 5.98. The molecule has 0 saturated heterocycles. The van der Waals surface area contributed by atoms with E-state index in [1.54, 1.807) is 18.2 Å². The van der Waals surface area contributed by atoms with E-state index in [1.165, 1.54) is 18.2 Å². The van der Waals surface area contributed by atoms with Gasteiger partial charge in [-0.15, -0.1) is 0 Å². The molecule has 2 aromatic carbocycles. The van der Waals surface area contributed by atoms with Crippen molar-refractivity contribution in [3.05, 3.63) is 59.2 Å². The van der Waals surface area contributed by atoms with Gasteiger partial charge in [0.2, 0.25) is 5.91 Å². The van der Waals surface area contributed by atoms with Crippen molar-refractivity contribution < 1.29 is 14.7 Å². The van der Waals surface area contributed by atoms with Gasteiger partial charge in [-0.1, -0.05) is 17.7 Å². The van der Waals surface area contributed by atoms with E-state index in [0.717, 1.165) is 5.56 Å². The van der Waals surface area contributed by atoms with Gasteiger partial charge in [-0.25, -0.2) is 0 Å². The molecule has 0 aromatic heterocycles. The quantitative estimate of drug-likeness (QED) is 0.745. The molecule has 0 spiro atoms. The summed E-state index contributed by atoms with van der Waals surface area (Å²) >= 11 is 0. The number of anilines is 1. The summed E-state index contributed by atoms with van der Waals surface area (Å²) in [6, 6.07) is 11.1. The van der Waals surface area contributed by atoms with Crippen LogP contribution in [0.4, 0.5) is 5.69 Å². The highest BCUT2D eigenvalue weighted by Crippen LogP contribution is 2.24. The molecule has 0 aliphatic carbocycles. The van der Waals surface area contributed by atoms with E-state index in [2.05, 4.69) is 5.32 Å². The number of aryl methyl sites for hydroxylation is 1. The second-order valence-corrected chi connectivity index (χ2v) is 4.42. The van der Waals surface area contributed by atoms with E-state index < -0.39 is 5.91 Å². The van der Waals surface area contributed by atoms with Crippen molar-refractivity contribution in [3.8, 4) is 5.75 Å². The van der Waals surface area contributed by atoms with Gasteiger partial charge in [-0.05, 0) is 37.3 Å². The number of carbonyl (C=O) groups is 2. The highest BCUT2D eigenvalue weighted by atomic mass is 16.3. The summed E-state index contributed by atoms with van der Waals surface area (Å²) in [7, 11) is 0. The molecule has 0 aliphatic heterocycles. The van der Waals surface area contributed by atoms with Crippen LogP contribution < -0.4 is 11.1 Å². The second-order valence-electron chi connectivity index (χ2n) is 4.42. The minimum atomic E-state index is -0.629. The standard InChI is InChI=1S/C15H14N2O3/c1-9-3-2-4-11(7-9)15(20)17-12-8-10(14(16)19)5-6-13(12)18/h2-8,18H,1H3,(H2,16,19)(H,17,20). The maximum absolute atomic E-state index is 12.1. The zero-order chi connectivity index (χ0) is 14.7. The molecule has 0 unspecified atom stereocenters. The van der Waals surface area contributed by atoms with Crippen LogP contribution in [0.2, 0.25) is 0 Å². The molecule has 0 heterocycles. The third-order valence-electron chi connectivity index (χ3n) is 2.81. The van der Waals surface area contributed by atoms with Gasteiger partial charge in [0.1, 0.15) is 5.75 Å². The Bertz CT molecular complexity index is 681. The number of benzene rings is 2. The minimum absolute atomic E-state index is 0.129. The molecular formula is C15H14N2O3. The van der Waals surface area contributed by atoms with Crippen LogP contribution in [0.15, 0.2) is 42.5 Å². The third kappa shape index (κ3) is 2.95. The number of hydrogen-bond acceptors (Lipinski definition) is 3. The molecule has 0 aliphatic rings. The first-order valence-electron chi connectivity index (χ1n) is 5.98. The van der Waals surface area contributed by atoms with E-state index in [9.17, 15) is 14.7 Å². The highest BCUT2D eigenvalue weighted by molar-refractivity contribution is 6.06. The fourth-order valence-electron chi connectivity index (χ4n) is 1.77. The smallest absolute Gasteiger partial charge is 0.255 e. The van der Waals surface area contributed by atoms with Gasteiger partial charge >= 0.3 is 0 Å². The summed E-state index contributed by atoms with van der Waals surface area (Å²) in [5, 5.41) is 12.3. The van der Waals surface area contributed by atoms with Gasteiger partial charge in [0.25, 0.3) is 5.91 Å². The number of carbonyl (C=O) groups excluding carboxylic acids is 2. The molecule has 5 nitrogen and oxygen atoms in total. The molecule has 0 radical (unpaired) electrons. The minimum Gasteiger partial charge on any atom is -0.506 e. The Morgan fingerprint density at radius 1 is 1.10 bits per heavy atom. The Kier molecular flexibility index (Phi) is 3.70. The van der Waals surface area contributed by atoms with Crippen LogP contribution in [-0.4, -0.2) is 16.9 Å². The van der Waals surface area contributed by atoms with Crippen molar-refractivity contribution in [2.24, 2.45) is 5.73 Å². The van der Waals surface area contributed by atoms with Crippen molar-refractivity contribution in [1.82, 2.24) is 0 Å².